The van der Waals surface area contributed by atoms with Crippen LogP contribution >= 0.6 is 0 Å². The number of nitrogens with one attached hydrogen (secondary N) is 1. The van der Waals surface area contributed by atoms with Crippen molar-refractivity contribution in [2.45, 2.75) is 64.8 Å². The van der Waals surface area contributed by atoms with E-state index in [1.807, 2.05) is 0 Å². The standard InChI is InChI=1S/C18H36N2O/c1-4-12-20(17-5-6-17)15-18(14-19-11-13-21-3)9-7-16(2)8-10-18/h16-17,19H,4-15H2,1-3H3. The average molecular weight is 296 g/mol. The first kappa shape index (κ1) is 17.2. The van der Waals surface area contributed by atoms with Crippen LogP contribution in [0.3, 0.4) is 0 Å². The summed E-state index contributed by atoms with van der Waals surface area (Å²) in [6, 6.07) is 0.903. The highest BCUT2D eigenvalue weighted by atomic mass is 16.5. The molecule has 0 aromatic carbocycles. The van der Waals surface area contributed by atoms with Crippen LogP contribution in [0.5, 0.6) is 0 Å². The van der Waals surface area contributed by atoms with Crippen molar-refractivity contribution in [3.63, 3.8) is 0 Å². The third-order valence-electron chi connectivity index (χ3n) is 5.43. The Bertz CT molecular complexity index is 283. The number of hydrogen-bond donors (Lipinski definition) is 1. The Balaban J connectivity index is 1.90. The largest absolute Gasteiger partial charge is 0.383 e. The van der Waals surface area contributed by atoms with Gasteiger partial charge in [-0.3, -0.25) is 4.90 Å². The van der Waals surface area contributed by atoms with Gasteiger partial charge in [0.25, 0.3) is 0 Å². The number of nitrogens with zero attached hydrogens (tertiary/aromatic N) is 1. The lowest BCUT2D eigenvalue weighted by molar-refractivity contribution is 0.0796. The van der Waals surface area contributed by atoms with Gasteiger partial charge in [-0.25, -0.2) is 0 Å². The quantitative estimate of drug-likeness (QED) is 0.626. The van der Waals surface area contributed by atoms with E-state index in [1.54, 1.807) is 7.11 Å². The van der Waals surface area contributed by atoms with E-state index >= 15 is 0 Å². The maximum absolute atomic E-state index is 5.18. The van der Waals surface area contributed by atoms with Gasteiger partial charge in [-0.05, 0) is 50.0 Å². The molecular formula is C18H36N2O. The maximum Gasteiger partial charge on any atom is 0.0587 e. The molecule has 2 fully saturated rings. The fourth-order valence-corrected chi connectivity index (χ4v) is 3.84. The lowest BCUT2D eigenvalue weighted by Gasteiger charge is -2.43. The minimum absolute atomic E-state index is 0.512. The summed E-state index contributed by atoms with van der Waals surface area (Å²) in [7, 11) is 1.79. The lowest BCUT2D eigenvalue weighted by atomic mass is 9.70. The van der Waals surface area contributed by atoms with Crippen LogP contribution in [0.25, 0.3) is 0 Å². The van der Waals surface area contributed by atoms with E-state index < -0.39 is 0 Å². The summed E-state index contributed by atoms with van der Waals surface area (Å²) in [5.41, 5.74) is 0.512. The van der Waals surface area contributed by atoms with Crippen LogP contribution in [0, 0.1) is 11.3 Å². The van der Waals surface area contributed by atoms with Gasteiger partial charge in [0.1, 0.15) is 0 Å². The van der Waals surface area contributed by atoms with E-state index in [1.165, 1.54) is 64.6 Å². The first-order valence-electron chi connectivity index (χ1n) is 9.13. The predicted octanol–water partition coefficient (Wildman–Crippen LogP) is 3.29. The van der Waals surface area contributed by atoms with Gasteiger partial charge in [0.15, 0.2) is 0 Å². The molecule has 1 N–H and O–H groups in total. The number of methoxy groups -OCH3 is 1. The van der Waals surface area contributed by atoms with Crippen LogP contribution in [0.2, 0.25) is 0 Å². The van der Waals surface area contributed by atoms with Gasteiger partial charge < -0.3 is 10.1 Å². The van der Waals surface area contributed by atoms with Crippen LogP contribution < -0.4 is 5.32 Å². The second kappa shape index (κ2) is 8.50. The number of ether oxygens (including phenoxy) is 1. The van der Waals surface area contributed by atoms with E-state index in [4.69, 9.17) is 4.74 Å². The van der Waals surface area contributed by atoms with E-state index in [-0.39, 0.29) is 0 Å². The molecule has 0 atom stereocenters. The van der Waals surface area contributed by atoms with Gasteiger partial charge in [0.05, 0.1) is 6.61 Å². The second-order valence-electron chi connectivity index (χ2n) is 7.55. The smallest absolute Gasteiger partial charge is 0.0587 e. The Kier molecular flexibility index (Phi) is 6.97. The highest BCUT2D eigenvalue weighted by Crippen LogP contribution is 2.41. The molecule has 2 aliphatic rings. The van der Waals surface area contributed by atoms with Crippen LogP contribution in [0.1, 0.15) is 58.8 Å². The van der Waals surface area contributed by atoms with Crippen LogP contribution in [-0.2, 0) is 4.74 Å². The molecule has 0 heterocycles. The Hall–Kier alpha value is -0.120. The van der Waals surface area contributed by atoms with E-state index in [0.29, 0.717) is 5.41 Å². The minimum Gasteiger partial charge on any atom is -0.383 e. The molecule has 3 nitrogen and oxygen atoms in total. The molecule has 2 rings (SSSR count). The highest BCUT2D eigenvalue weighted by Gasteiger charge is 2.39. The fraction of sp³-hybridized carbons (Fsp3) is 1.00. The van der Waals surface area contributed by atoms with Gasteiger partial charge in [-0.1, -0.05) is 26.7 Å². The Morgan fingerprint density at radius 1 is 1.19 bits per heavy atom. The monoisotopic (exact) mass is 296 g/mol. The SMILES string of the molecule is CCCN(CC1(CNCCOC)CCC(C)CC1)C1CC1. The summed E-state index contributed by atoms with van der Waals surface area (Å²) < 4.78 is 5.18. The van der Waals surface area contributed by atoms with Crippen molar-refractivity contribution in [3.05, 3.63) is 0 Å². The predicted molar refractivity (Wildman–Crippen MR) is 89.7 cm³/mol. The molecule has 0 amide bonds. The molecule has 2 aliphatic carbocycles. The van der Waals surface area contributed by atoms with Crippen molar-refractivity contribution in [1.82, 2.24) is 10.2 Å². The van der Waals surface area contributed by atoms with Crippen LogP contribution in [-0.4, -0.2) is 50.8 Å². The molecule has 0 radical (unpaired) electrons. The third kappa shape index (κ3) is 5.54. The molecule has 0 aliphatic heterocycles. The van der Waals surface area contributed by atoms with Crippen molar-refractivity contribution in [2.75, 3.05) is 39.9 Å². The van der Waals surface area contributed by atoms with Crippen LogP contribution in [0.15, 0.2) is 0 Å². The third-order valence-corrected chi connectivity index (χ3v) is 5.43. The highest BCUT2D eigenvalue weighted by molar-refractivity contribution is 4.93. The van der Waals surface area contributed by atoms with Crippen molar-refractivity contribution in [3.8, 4) is 0 Å². The minimum atomic E-state index is 0.512. The fourth-order valence-electron chi connectivity index (χ4n) is 3.84. The maximum atomic E-state index is 5.18. The van der Waals surface area contributed by atoms with Crippen LogP contribution in [0.4, 0.5) is 0 Å². The van der Waals surface area contributed by atoms with Crippen molar-refractivity contribution in [1.29, 1.82) is 0 Å². The van der Waals surface area contributed by atoms with Gasteiger partial charge in [-0.15, -0.1) is 0 Å². The Morgan fingerprint density at radius 3 is 2.48 bits per heavy atom. The topological polar surface area (TPSA) is 24.5 Å². The van der Waals surface area contributed by atoms with Crippen molar-refractivity contribution < 1.29 is 4.74 Å². The zero-order valence-corrected chi connectivity index (χ0v) is 14.5. The molecule has 0 unspecified atom stereocenters. The summed E-state index contributed by atoms with van der Waals surface area (Å²) in [5.74, 6) is 0.928. The van der Waals surface area contributed by atoms with Gasteiger partial charge in [-0.2, -0.15) is 0 Å². The second-order valence-corrected chi connectivity index (χ2v) is 7.55. The Morgan fingerprint density at radius 2 is 1.90 bits per heavy atom. The van der Waals surface area contributed by atoms with E-state index in [2.05, 4.69) is 24.1 Å². The average Bonchev–Trinajstić information content (AvgIpc) is 3.31. The molecule has 0 saturated heterocycles. The van der Waals surface area contributed by atoms with Gasteiger partial charge in [0, 0.05) is 32.8 Å². The first-order valence-corrected chi connectivity index (χ1v) is 9.13. The number of hydrogen-bond acceptors (Lipinski definition) is 3. The molecule has 2 saturated carbocycles. The summed E-state index contributed by atoms with van der Waals surface area (Å²) in [6.45, 7) is 10.3. The molecule has 3 heteroatoms. The first-order chi connectivity index (χ1) is 10.2. The molecule has 0 aromatic rings. The molecule has 21 heavy (non-hydrogen) atoms. The van der Waals surface area contributed by atoms with Gasteiger partial charge in [0.2, 0.25) is 0 Å². The molecule has 0 spiro atoms. The van der Waals surface area contributed by atoms with Crippen molar-refractivity contribution >= 4 is 0 Å². The van der Waals surface area contributed by atoms with Gasteiger partial charge >= 0.3 is 0 Å². The normalized spacial score (nSPS) is 30.0. The Labute approximate surface area is 131 Å². The van der Waals surface area contributed by atoms with Crippen molar-refractivity contribution in [2.24, 2.45) is 11.3 Å². The van der Waals surface area contributed by atoms with E-state index in [9.17, 15) is 0 Å². The zero-order chi connectivity index (χ0) is 15.1. The zero-order valence-electron chi connectivity index (χ0n) is 14.5. The molecule has 0 bridgehead atoms. The summed E-state index contributed by atoms with van der Waals surface area (Å²) in [5, 5.41) is 3.67. The lowest BCUT2D eigenvalue weighted by Crippen LogP contribution is -2.47. The molecule has 0 aromatic heterocycles. The van der Waals surface area contributed by atoms with E-state index in [0.717, 1.165) is 25.1 Å². The summed E-state index contributed by atoms with van der Waals surface area (Å²) in [4.78, 5) is 2.80. The summed E-state index contributed by atoms with van der Waals surface area (Å²) in [6.07, 6.45) is 9.79. The molecule has 124 valence electrons. The number of rotatable bonds is 10. The molecular weight excluding hydrogens is 260 g/mol. The summed E-state index contributed by atoms with van der Waals surface area (Å²) >= 11 is 0.